The fourth-order valence-corrected chi connectivity index (χ4v) is 4.07. The smallest absolute Gasteiger partial charge is 0.234 e. The van der Waals surface area contributed by atoms with E-state index in [9.17, 15) is 4.79 Å². The molecule has 2 N–H and O–H groups in total. The minimum atomic E-state index is 0.181. The Hall–Kier alpha value is -1.34. The lowest BCUT2D eigenvalue weighted by molar-refractivity contribution is -0.122. The molecule has 0 aromatic rings. The van der Waals surface area contributed by atoms with Crippen molar-refractivity contribution in [2.45, 2.75) is 51.1 Å². The second-order valence-corrected chi connectivity index (χ2v) is 7.81. The van der Waals surface area contributed by atoms with Gasteiger partial charge in [0.25, 0.3) is 0 Å². The van der Waals surface area contributed by atoms with E-state index in [2.05, 4.69) is 37.2 Å². The lowest BCUT2D eigenvalue weighted by atomic mass is 10.0. The van der Waals surface area contributed by atoms with E-state index in [0.29, 0.717) is 18.6 Å². The Labute approximate surface area is 158 Å². The molecule has 26 heavy (non-hydrogen) atoms. The van der Waals surface area contributed by atoms with E-state index in [-0.39, 0.29) is 5.91 Å². The zero-order valence-corrected chi connectivity index (χ0v) is 16.5. The third-order valence-electron chi connectivity index (χ3n) is 5.84. The Bertz CT molecular complexity index is 484. The van der Waals surface area contributed by atoms with Crippen LogP contribution in [0.15, 0.2) is 4.99 Å². The Kier molecular flexibility index (Phi) is 7.14. The Balaban J connectivity index is 1.39. The van der Waals surface area contributed by atoms with Crippen LogP contribution in [0, 0.1) is 0 Å². The summed E-state index contributed by atoms with van der Waals surface area (Å²) in [6, 6.07) is 1.08. The summed E-state index contributed by atoms with van der Waals surface area (Å²) >= 11 is 0. The number of nitrogens with one attached hydrogen (secondary N) is 2. The highest BCUT2D eigenvalue weighted by Crippen LogP contribution is 2.18. The van der Waals surface area contributed by atoms with Crippen molar-refractivity contribution in [1.82, 2.24) is 25.3 Å². The number of amides is 1. The minimum absolute atomic E-state index is 0.181. The van der Waals surface area contributed by atoms with Gasteiger partial charge in [0.1, 0.15) is 0 Å². The Morgan fingerprint density at radius 1 is 1.08 bits per heavy atom. The molecule has 1 atom stereocenters. The Morgan fingerprint density at radius 3 is 2.50 bits per heavy atom. The lowest BCUT2D eigenvalue weighted by Gasteiger charge is -2.38. The van der Waals surface area contributed by atoms with E-state index >= 15 is 0 Å². The molecule has 148 valence electrons. The largest absolute Gasteiger partial charge is 0.355 e. The molecule has 0 spiro atoms. The number of nitrogens with zero attached hydrogens (tertiary/aromatic N) is 4. The standard InChI is InChI=1S/C19H36N6O/c1-3-24-9-5-4-6-17(24)14-21-19(20-2)25-12-10-23(11-13-25)15-18(26)22-16-7-8-16/h16-17H,3-15H2,1-2H3,(H,20,21)(H,22,26). The van der Waals surface area contributed by atoms with Gasteiger partial charge in [-0.15, -0.1) is 0 Å². The number of piperidine rings is 1. The van der Waals surface area contributed by atoms with Gasteiger partial charge in [0.15, 0.2) is 5.96 Å². The van der Waals surface area contributed by atoms with Crippen molar-refractivity contribution in [3.63, 3.8) is 0 Å². The van der Waals surface area contributed by atoms with Crippen LogP contribution < -0.4 is 10.6 Å². The number of guanidine groups is 1. The SMILES string of the molecule is CCN1CCCCC1CNC(=NC)N1CCN(CC(=O)NC2CC2)CC1. The first-order valence-corrected chi connectivity index (χ1v) is 10.4. The summed E-state index contributed by atoms with van der Waals surface area (Å²) in [6.45, 7) is 9.82. The van der Waals surface area contributed by atoms with Crippen LogP contribution in [0.3, 0.4) is 0 Å². The van der Waals surface area contributed by atoms with Gasteiger partial charge in [-0.05, 0) is 38.8 Å². The molecule has 7 heteroatoms. The molecular weight excluding hydrogens is 328 g/mol. The van der Waals surface area contributed by atoms with Crippen molar-refractivity contribution in [3.8, 4) is 0 Å². The fraction of sp³-hybridized carbons (Fsp3) is 0.895. The molecule has 2 aliphatic heterocycles. The summed E-state index contributed by atoms with van der Waals surface area (Å²) in [6.07, 6.45) is 6.25. The molecule has 2 heterocycles. The first-order chi connectivity index (χ1) is 12.7. The van der Waals surface area contributed by atoms with Crippen molar-refractivity contribution < 1.29 is 4.79 Å². The number of carbonyl (C=O) groups is 1. The van der Waals surface area contributed by atoms with Crippen LogP contribution in [-0.4, -0.2) is 98.1 Å². The van der Waals surface area contributed by atoms with E-state index in [0.717, 1.165) is 58.1 Å². The van der Waals surface area contributed by atoms with E-state index in [1.54, 1.807) is 0 Å². The van der Waals surface area contributed by atoms with Crippen LogP contribution in [0.25, 0.3) is 0 Å². The highest BCUT2D eigenvalue weighted by Gasteiger charge is 2.26. The molecule has 1 amide bonds. The van der Waals surface area contributed by atoms with Crippen molar-refractivity contribution in [2.24, 2.45) is 4.99 Å². The van der Waals surface area contributed by atoms with Crippen LogP contribution in [-0.2, 0) is 4.79 Å². The predicted molar refractivity (Wildman–Crippen MR) is 105 cm³/mol. The highest BCUT2D eigenvalue weighted by molar-refractivity contribution is 5.80. The van der Waals surface area contributed by atoms with Crippen molar-refractivity contribution >= 4 is 11.9 Å². The van der Waals surface area contributed by atoms with Gasteiger partial charge in [0.2, 0.25) is 5.91 Å². The molecule has 0 aromatic heterocycles. The van der Waals surface area contributed by atoms with Gasteiger partial charge in [0, 0.05) is 51.9 Å². The Morgan fingerprint density at radius 2 is 1.85 bits per heavy atom. The number of likely N-dealkylation sites (N-methyl/N-ethyl adjacent to an activating group) is 1. The number of piperazine rings is 1. The van der Waals surface area contributed by atoms with E-state index in [1.807, 2.05) is 7.05 Å². The first-order valence-electron chi connectivity index (χ1n) is 10.4. The molecule has 3 aliphatic rings. The van der Waals surface area contributed by atoms with Gasteiger partial charge >= 0.3 is 0 Å². The molecule has 7 nitrogen and oxygen atoms in total. The van der Waals surface area contributed by atoms with Crippen LogP contribution >= 0.6 is 0 Å². The van der Waals surface area contributed by atoms with E-state index in [1.165, 1.54) is 25.8 Å². The molecule has 0 radical (unpaired) electrons. The highest BCUT2D eigenvalue weighted by atomic mass is 16.2. The average Bonchev–Trinajstić information content (AvgIpc) is 3.47. The van der Waals surface area contributed by atoms with Crippen molar-refractivity contribution in [3.05, 3.63) is 0 Å². The summed E-state index contributed by atoms with van der Waals surface area (Å²) in [4.78, 5) is 23.6. The summed E-state index contributed by atoms with van der Waals surface area (Å²) < 4.78 is 0. The summed E-state index contributed by atoms with van der Waals surface area (Å²) in [5.41, 5.74) is 0. The molecule has 2 saturated heterocycles. The second-order valence-electron chi connectivity index (χ2n) is 7.81. The zero-order chi connectivity index (χ0) is 18.4. The molecule has 0 bridgehead atoms. The maximum atomic E-state index is 12.0. The molecule has 1 saturated carbocycles. The predicted octanol–water partition coefficient (Wildman–Crippen LogP) is 0.332. The molecule has 1 aliphatic carbocycles. The van der Waals surface area contributed by atoms with Crippen LogP contribution in [0.4, 0.5) is 0 Å². The van der Waals surface area contributed by atoms with Gasteiger partial charge in [-0.3, -0.25) is 19.6 Å². The van der Waals surface area contributed by atoms with Gasteiger partial charge in [0.05, 0.1) is 6.54 Å². The summed E-state index contributed by atoms with van der Waals surface area (Å²) in [7, 11) is 1.87. The molecule has 3 rings (SSSR count). The van der Waals surface area contributed by atoms with Crippen LogP contribution in [0.2, 0.25) is 0 Å². The van der Waals surface area contributed by atoms with E-state index in [4.69, 9.17) is 0 Å². The van der Waals surface area contributed by atoms with Gasteiger partial charge in [-0.1, -0.05) is 13.3 Å². The first kappa shape index (κ1) is 19.4. The topological polar surface area (TPSA) is 63.2 Å². The van der Waals surface area contributed by atoms with E-state index < -0.39 is 0 Å². The van der Waals surface area contributed by atoms with Gasteiger partial charge < -0.3 is 15.5 Å². The number of rotatable bonds is 6. The monoisotopic (exact) mass is 364 g/mol. The molecule has 3 fully saturated rings. The third kappa shape index (κ3) is 5.58. The fourth-order valence-electron chi connectivity index (χ4n) is 4.07. The second kappa shape index (κ2) is 9.55. The molecular formula is C19H36N6O. The maximum Gasteiger partial charge on any atom is 0.234 e. The number of hydrogen-bond donors (Lipinski definition) is 2. The maximum absolute atomic E-state index is 12.0. The number of aliphatic imine (C=N–C) groups is 1. The summed E-state index contributed by atoms with van der Waals surface area (Å²) in [5.74, 6) is 1.19. The third-order valence-corrected chi connectivity index (χ3v) is 5.84. The van der Waals surface area contributed by atoms with Crippen molar-refractivity contribution in [1.29, 1.82) is 0 Å². The quantitative estimate of drug-likeness (QED) is 0.525. The van der Waals surface area contributed by atoms with Gasteiger partial charge in [-0.2, -0.15) is 0 Å². The summed E-state index contributed by atoms with van der Waals surface area (Å²) in [5, 5.41) is 6.68. The average molecular weight is 365 g/mol. The van der Waals surface area contributed by atoms with Crippen LogP contribution in [0.1, 0.15) is 39.0 Å². The number of likely N-dealkylation sites (tertiary alicyclic amines) is 1. The lowest BCUT2D eigenvalue weighted by Crippen LogP contribution is -2.55. The molecule has 0 aromatic carbocycles. The van der Waals surface area contributed by atoms with Crippen molar-refractivity contribution in [2.75, 3.05) is 59.4 Å². The number of hydrogen-bond acceptors (Lipinski definition) is 4. The minimum Gasteiger partial charge on any atom is -0.355 e. The van der Waals surface area contributed by atoms with Gasteiger partial charge in [-0.25, -0.2) is 0 Å². The zero-order valence-electron chi connectivity index (χ0n) is 16.5. The molecule has 1 unspecified atom stereocenters. The van der Waals surface area contributed by atoms with Crippen LogP contribution in [0.5, 0.6) is 0 Å². The number of carbonyl (C=O) groups excluding carboxylic acids is 1. The normalized spacial score (nSPS) is 26.0.